The van der Waals surface area contributed by atoms with Gasteiger partial charge in [0, 0.05) is 43.0 Å². The number of anilines is 2. The lowest BCUT2D eigenvalue weighted by atomic mass is 10.1. The largest absolute Gasteiger partial charge is 0.378 e. The zero-order chi connectivity index (χ0) is 20.1. The van der Waals surface area contributed by atoms with E-state index >= 15 is 0 Å². The predicted octanol–water partition coefficient (Wildman–Crippen LogP) is 2.62. The molecule has 0 radical (unpaired) electrons. The van der Waals surface area contributed by atoms with Gasteiger partial charge in [0.15, 0.2) is 0 Å². The van der Waals surface area contributed by atoms with Crippen molar-refractivity contribution in [1.82, 2.24) is 10.3 Å². The Morgan fingerprint density at radius 2 is 1.86 bits per heavy atom. The van der Waals surface area contributed by atoms with Crippen molar-refractivity contribution in [2.24, 2.45) is 0 Å². The topological polar surface area (TPSA) is 83.6 Å². The summed E-state index contributed by atoms with van der Waals surface area (Å²) < 4.78 is 5.41. The van der Waals surface area contributed by atoms with Gasteiger partial charge in [-0.1, -0.05) is 0 Å². The summed E-state index contributed by atoms with van der Waals surface area (Å²) in [6.45, 7) is 8.97. The van der Waals surface area contributed by atoms with Crippen LogP contribution in [0, 0.1) is 6.92 Å². The quantitative estimate of drug-likeness (QED) is 0.800. The fourth-order valence-electron chi connectivity index (χ4n) is 3.25. The molecule has 0 saturated carbocycles. The monoisotopic (exact) mass is 384 g/mol. The minimum Gasteiger partial charge on any atom is -0.378 e. The van der Waals surface area contributed by atoms with Gasteiger partial charge in [-0.15, -0.1) is 0 Å². The molecule has 0 atom stereocenters. The Balaban J connectivity index is 1.67. The summed E-state index contributed by atoms with van der Waals surface area (Å²) in [5, 5.41) is 6.67. The molecule has 2 aromatic rings. The van der Waals surface area contributed by atoms with Gasteiger partial charge >= 0.3 is 0 Å². The standard InChI is InChI=1S/C21H28N4O3/c1-14(2)22-20(26)6-7-21(27)23-16-4-5-18-17(13-16)15(3)12-19(24-18)25-8-10-28-11-9-25/h4-5,12-14H,6-11H2,1-3H3,(H,22,26)(H,23,27). The molecule has 7 heteroatoms. The molecule has 1 aromatic carbocycles. The van der Waals surface area contributed by atoms with E-state index in [4.69, 9.17) is 9.72 Å². The van der Waals surface area contributed by atoms with Crippen LogP contribution in [0.1, 0.15) is 32.3 Å². The van der Waals surface area contributed by atoms with E-state index in [1.165, 1.54) is 0 Å². The second-order valence-corrected chi connectivity index (χ2v) is 7.40. The number of aromatic nitrogens is 1. The molecule has 1 aliphatic rings. The van der Waals surface area contributed by atoms with E-state index in [2.05, 4.69) is 28.5 Å². The molecule has 0 spiro atoms. The molecule has 3 rings (SSSR count). The number of pyridine rings is 1. The fourth-order valence-corrected chi connectivity index (χ4v) is 3.25. The van der Waals surface area contributed by atoms with E-state index in [-0.39, 0.29) is 30.7 Å². The molecule has 7 nitrogen and oxygen atoms in total. The van der Waals surface area contributed by atoms with Gasteiger partial charge in [-0.25, -0.2) is 4.98 Å². The van der Waals surface area contributed by atoms with E-state index in [1.54, 1.807) is 0 Å². The number of benzene rings is 1. The zero-order valence-electron chi connectivity index (χ0n) is 16.7. The molecule has 28 heavy (non-hydrogen) atoms. The summed E-state index contributed by atoms with van der Waals surface area (Å²) in [5.74, 6) is 0.675. The van der Waals surface area contributed by atoms with Crippen molar-refractivity contribution in [2.45, 2.75) is 39.7 Å². The van der Waals surface area contributed by atoms with E-state index in [1.807, 2.05) is 32.0 Å². The number of fused-ring (bicyclic) bond motifs is 1. The highest BCUT2D eigenvalue weighted by Crippen LogP contribution is 2.26. The van der Waals surface area contributed by atoms with Crippen molar-refractivity contribution in [1.29, 1.82) is 0 Å². The third-order valence-corrected chi connectivity index (χ3v) is 4.65. The van der Waals surface area contributed by atoms with Crippen LogP contribution < -0.4 is 15.5 Å². The van der Waals surface area contributed by atoms with Gasteiger partial charge in [-0.2, -0.15) is 0 Å². The van der Waals surface area contributed by atoms with E-state index < -0.39 is 0 Å². The molecule has 1 fully saturated rings. The number of carbonyl (C=O) groups is 2. The Labute approximate surface area is 165 Å². The van der Waals surface area contributed by atoms with Crippen LogP contribution in [-0.2, 0) is 14.3 Å². The van der Waals surface area contributed by atoms with Crippen LogP contribution in [0.2, 0.25) is 0 Å². The highest BCUT2D eigenvalue weighted by Gasteiger charge is 2.14. The first-order valence-electron chi connectivity index (χ1n) is 9.75. The van der Waals surface area contributed by atoms with Gasteiger partial charge in [0.2, 0.25) is 11.8 Å². The van der Waals surface area contributed by atoms with Crippen molar-refractivity contribution in [3.8, 4) is 0 Å². The summed E-state index contributed by atoms with van der Waals surface area (Å²) in [6.07, 6.45) is 0.338. The van der Waals surface area contributed by atoms with Gasteiger partial charge in [-0.05, 0) is 50.6 Å². The fraction of sp³-hybridized carbons (Fsp3) is 0.476. The molecule has 2 N–H and O–H groups in total. The third kappa shape index (κ3) is 5.19. The highest BCUT2D eigenvalue weighted by atomic mass is 16.5. The second-order valence-electron chi connectivity index (χ2n) is 7.40. The molecule has 2 amide bonds. The Morgan fingerprint density at radius 1 is 1.14 bits per heavy atom. The number of aryl methyl sites for hydroxylation is 1. The Hall–Kier alpha value is -2.67. The number of amides is 2. The number of nitrogens with zero attached hydrogens (tertiary/aromatic N) is 2. The van der Waals surface area contributed by atoms with Crippen LogP contribution in [0.25, 0.3) is 10.9 Å². The number of hydrogen-bond acceptors (Lipinski definition) is 5. The SMILES string of the molecule is Cc1cc(N2CCOCC2)nc2ccc(NC(=O)CCC(=O)NC(C)C)cc12. The molecule has 1 aliphatic heterocycles. The van der Waals surface area contributed by atoms with E-state index in [9.17, 15) is 9.59 Å². The smallest absolute Gasteiger partial charge is 0.224 e. The van der Waals surface area contributed by atoms with Gasteiger partial charge in [0.1, 0.15) is 5.82 Å². The number of ether oxygens (including phenoxy) is 1. The minimum atomic E-state index is -0.172. The van der Waals surface area contributed by atoms with Crippen LogP contribution in [-0.4, -0.2) is 49.1 Å². The van der Waals surface area contributed by atoms with Gasteiger partial charge < -0.3 is 20.3 Å². The first-order chi connectivity index (χ1) is 13.4. The number of morpholine rings is 1. The first-order valence-corrected chi connectivity index (χ1v) is 9.75. The van der Waals surface area contributed by atoms with E-state index in [0.29, 0.717) is 5.69 Å². The maximum absolute atomic E-state index is 12.2. The molecular weight excluding hydrogens is 356 g/mol. The van der Waals surface area contributed by atoms with Crippen LogP contribution in [0.15, 0.2) is 24.3 Å². The molecular formula is C21H28N4O3. The highest BCUT2D eigenvalue weighted by molar-refractivity contribution is 5.96. The maximum atomic E-state index is 12.2. The van der Waals surface area contributed by atoms with Gasteiger partial charge in [0.05, 0.1) is 18.7 Å². The summed E-state index contributed by atoms with van der Waals surface area (Å²) in [6, 6.07) is 7.87. The molecule has 1 aromatic heterocycles. The number of rotatable bonds is 6. The minimum absolute atomic E-state index is 0.0777. The summed E-state index contributed by atoms with van der Waals surface area (Å²) in [5.41, 5.74) is 2.72. The van der Waals surface area contributed by atoms with Gasteiger partial charge in [-0.3, -0.25) is 9.59 Å². The lowest BCUT2D eigenvalue weighted by Crippen LogP contribution is -2.36. The van der Waals surface area contributed by atoms with Gasteiger partial charge in [0.25, 0.3) is 0 Å². The average molecular weight is 384 g/mol. The maximum Gasteiger partial charge on any atom is 0.224 e. The first kappa shape index (κ1) is 20.1. The second kappa shape index (κ2) is 9.01. The molecule has 1 saturated heterocycles. The molecule has 150 valence electrons. The number of hydrogen-bond donors (Lipinski definition) is 2. The van der Waals surface area contributed by atoms with Crippen LogP contribution in [0.5, 0.6) is 0 Å². The Kier molecular flexibility index (Phi) is 6.46. The lowest BCUT2D eigenvalue weighted by Gasteiger charge is -2.28. The molecule has 2 heterocycles. The molecule has 0 aliphatic carbocycles. The zero-order valence-corrected chi connectivity index (χ0v) is 16.7. The van der Waals surface area contributed by atoms with Crippen molar-refractivity contribution in [3.63, 3.8) is 0 Å². The predicted molar refractivity (Wildman–Crippen MR) is 111 cm³/mol. The van der Waals surface area contributed by atoms with Crippen LogP contribution in [0.4, 0.5) is 11.5 Å². The van der Waals surface area contributed by atoms with Crippen LogP contribution >= 0.6 is 0 Å². The summed E-state index contributed by atoms with van der Waals surface area (Å²) in [7, 11) is 0. The van der Waals surface area contributed by atoms with E-state index in [0.717, 1.165) is 48.6 Å². The van der Waals surface area contributed by atoms with Crippen molar-refractivity contribution < 1.29 is 14.3 Å². The molecule has 0 unspecified atom stereocenters. The number of carbonyl (C=O) groups excluding carboxylic acids is 2. The summed E-state index contributed by atoms with van der Waals surface area (Å²) >= 11 is 0. The number of nitrogens with one attached hydrogen (secondary N) is 2. The van der Waals surface area contributed by atoms with Crippen molar-refractivity contribution in [2.75, 3.05) is 36.5 Å². The molecule has 0 bridgehead atoms. The summed E-state index contributed by atoms with van der Waals surface area (Å²) in [4.78, 5) is 30.8. The lowest BCUT2D eigenvalue weighted by molar-refractivity contribution is -0.124. The Morgan fingerprint density at radius 3 is 2.57 bits per heavy atom. The van der Waals surface area contributed by atoms with Crippen molar-refractivity contribution in [3.05, 3.63) is 29.8 Å². The average Bonchev–Trinajstić information content (AvgIpc) is 2.67. The van der Waals surface area contributed by atoms with Crippen LogP contribution in [0.3, 0.4) is 0 Å². The normalized spacial score (nSPS) is 14.4. The van der Waals surface area contributed by atoms with Crippen molar-refractivity contribution >= 4 is 34.2 Å². The third-order valence-electron chi connectivity index (χ3n) is 4.65. The Bertz CT molecular complexity index is 860.